The second kappa shape index (κ2) is 17.3. The molecule has 1 aliphatic heterocycles. The maximum absolute atomic E-state index is 12.4. The molecule has 1 saturated heterocycles. The van der Waals surface area contributed by atoms with E-state index >= 15 is 0 Å². The number of nitrogens with zero attached hydrogens (tertiary/aromatic N) is 2. The molecule has 0 spiro atoms. The fourth-order valence-corrected chi connectivity index (χ4v) is 6.69. The molecule has 0 N–H and O–H groups in total. The van der Waals surface area contributed by atoms with Crippen LogP contribution in [0.1, 0.15) is 88.0 Å². The zero-order valence-electron chi connectivity index (χ0n) is 22.1. The van der Waals surface area contributed by atoms with Crippen molar-refractivity contribution in [2.24, 2.45) is 0 Å². The van der Waals surface area contributed by atoms with E-state index in [4.69, 9.17) is 32.7 Å². The Morgan fingerprint density at radius 1 is 1.08 bits per heavy atom. The van der Waals surface area contributed by atoms with Gasteiger partial charge in [0.2, 0.25) is 5.91 Å². The number of unbranched alkanes of at least 4 members (excludes halogenated alkanes) is 8. The second-order valence-corrected chi connectivity index (χ2v) is 12.6. The third-order valence-electron chi connectivity index (χ3n) is 6.46. The number of thioether (sulfide) groups is 1. The van der Waals surface area contributed by atoms with Crippen LogP contribution in [-0.4, -0.2) is 53.3 Å². The molecule has 10 heteroatoms. The van der Waals surface area contributed by atoms with Gasteiger partial charge in [0, 0.05) is 34.1 Å². The summed E-state index contributed by atoms with van der Waals surface area (Å²) in [6, 6.07) is 5.09. The van der Waals surface area contributed by atoms with Gasteiger partial charge in [-0.3, -0.25) is 4.79 Å². The maximum Gasteiger partial charge on any atom is 0.357 e. The highest BCUT2D eigenvalue weighted by Crippen LogP contribution is 2.27. The Hall–Kier alpha value is -1.48. The molecule has 2 heterocycles. The summed E-state index contributed by atoms with van der Waals surface area (Å²) < 4.78 is 12.1. The van der Waals surface area contributed by atoms with Crippen LogP contribution in [0.15, 0.2) is 27.9 Å². The Kier molecular flexibility index (Phi) is 14.1. The number of ether oxygens (including phenoxy) is 2. The van der Waals surface area contributed by atoms with Crippen LogP contribution in [0.3, 0.4) is 0 Å². The predicted molar refractivity (Wildman–Crippen MR) is 157 cm³/mol. The smallest absolute Gasteiger partial charge is 0.357 e. The average molecular weight is 602 g/mol. The third kappa shape index (κ3) is 10.9. The first-order chi connectivity index (χ1) is 18.5. The summed E-state index contributed by atoms with van der Waals surface area (Å²) in [7, 11) is 0. The van der Waals surface area contributed by atoms with Crippen LogP contribution >= 0.6 is 46.3 Å². The first-order valence-corrected chi connectivity index (χ1v) is 16.2. The maximum atomic E-state index is 12.4. The number of hydrogen-bond donors (Lipinski definition) is 0. The van der Waals surface area contributed by atoms with Gasteiger partial charge in [-0.2, -0.15) is 0 Å². The molecule has 1 unspecified atom stereocenters. The highest BCUT2D eigenvalue weighted by molar-refractivity contribution is 8.01. The van der Waals surface area contributed by atoms with Crippen LogP contribution in [0.4, 0.5) is 0 Å². The summed E-state index contributed by atoms with van der Waals surface area (Å²) in [5.41, 5.74) is 0.358. The number of carbonyl (C=O) groups excluding carboxylic acids is 2. The Morgan fingerprint density at radius 3 is 2.47 bits per heavy atom. The minimum absolute atomic E-state index is 0.00347. The Labute approximate surface area is 244 Å². The molecule has 0 radical (unpaired) electrons. The molecule has 0 saturated carbocycles. The van der Waals surface area contributed by atoms with Crippen LogP contribution in [-0.2, 0) is 9.53 Å². The second-order valence-electron chi connectivity index (χ2n) is 9.51. The number of likely N-dealkylation sites (tertiary alicyclic amines) is 1. The average Bonchev–Trinajstić information content (AvgIpc) is 3.50. The van der Waals surface area contributed by atoms with Crippen molar-refractivity contribution in [3.63, 3.8) is 0 Å². The van der Waals surface area contributed by atoms with Crippen molar-refractivity contribution in [1.29, 1.82) is 0 Å². The fourth-order valence-electron chi connectivity index (χ4n) is 4.38. The number of rotatable bonds is 18. The number of thiazole rings is 1. The zero-order chi connectivity index (χ0) is 27.2. The normalized spacial score (nSPS) is 15.3. The standard InChI is InChI=1S/C28H38Cl2N2O4S2/c1-2-3-4-5-6-7-8-9-10-14-35-27(34)25-20-38-28(31-25)37-15-13-32-23(11-12-26(32)33)19-36-24-17-21(29)16-22(30)18-24/h16-18,20,23H,2-15,19H2,1H3. The quantitative estimate of drug-likeness (QED) is 0.0973. The monoisotopic (exact) mass is 600 g/mol. The van der Waals surface area contributed by atoms with E-state index in [0.29, 0.717) is 53.4 Å². The van der Waals surface area contributed by atoms with E-state index in [0.717, 1.165) is 23.6 Å². The molecule has 1 fully saturated rings. The van der Waals surface area contributed by atoms with Crippen LogP contribution in [0.25, 0.3) is 0 Å². The third-order valence-corrected chi connectivity index (χ3v) is 8.90. The van der Waals surface area contributed by atoms with Gasteiger partial charge in [-0.1, -0.05) is 93.3 Å². The van der Waals surface area contributed by atoms with Gasteiger partial charge in [0.1, 0.15) is 12.4 Å². The van der Waals surface area contributed by atoms with Crippen LogP contribution in [0, 0.1) is 0 Å². The van der Waals surface area contributed by atoms with Crippen molar-refractivity contribution < 1.29 is 19.1 Å². The van der Waals surface area contributed by atoms with Crippen molar-refractivity contribution in [2.75, 3.05) is 25.5 Å². The topological polar surface area (TPSA) is 68.7 Å². The van der Waals surface area contributed by atoms with E-state index in [1.807, 2.05) is 4.90 Å². The lowest BCUT2D eigenvalue weighted by Crippen LogP contribution is -2.38. The molecule has 2 aromatic rings. The summed E-state index contributed by atoms with van der Waals surface area (Å²) in [6.45, 7) is 3.65. The van der Waals surface area contributed by atoms with Gasteiger partial charge in [0.15, 0.2) is 10.0 Å². The lowest BCUT2D eigenvalue weighted by Gasteiger charge is -2.24. The van der Waals surface area contributed by atoms with E-state index in [-0.39, 0.29) is 17.9 Å². The zero-order valence-corrected chi connectivity index (χ0v) is 25.2. The number of benzene rings is 1. The van der Waals surface area contributed by atoms with Gasteiger partial charge in [0.25, 0.3) is 0 Å². The minimum Gasteiger partial charge on any atom is -0.491 e. The molecule has 3 rings (SSSR count). The van der Waals surface area contributed by atoms with Crippen LogP contribution in [0.5, 0.6) is 5.75 Å². The lowest BCUT2D eigenvalue weighted by atomic mass is 10.1. The first-order valence-electron chi connectivity index (χ1n) is 13.6. The largest absolute Gasteiger partial charge is 0.491 e. The summed E-state index contributed by atoms with van der Waals surface area (Å²) in [5, 5.41) is 2.77. The Balaban J connectivity index is 1.31. The molecular formula is C28H38Cl2N2O4S2. The number of halogens is 2. The van der Waals surface area contributed by atoms with Crippen molar-refractivity contribution in [1.82, 2.24) is 9.88 Å². The summed E-state index contributed by atoms with van der Waals surface area (Å²) >= 11 is 15.1. The Bertz CT molecular complexity index is 1000. The number of carbonyl (C=O) groups is 2. The van der Waals surface area contributed by atoms with Gasteiger partial charge in [-0.25, -0.2) is 9.78 Å². The molecule has 1 aromatic carbocycles. The molecule has 6 nitrogen and oxygen atoms in total. The molecule has 1 atom stereocenters. The predicted octanol–water partition coefficient (Wildman–Crippen LogP) is 8.30. The molecular weight excluding hydrogens is 563 g/mol. The first kappa shape index (κ1) is 31.1. The summed E-state index contributed by atoms with van der Waals surface area (Å²) in [6.07, 6.45) is 12.3. The molecule has 0 bridgehead atoms. The van der Waals surface area contributed by atoms with Gasteiger partial charge in [0.05, 0.1) is 12.6 Å². The SMILES string of the molecule is CCCCCCCCCCCOC(=O)c1csc(SCCN2C(=O)CCC2COc2cc(Cl)cc(Cl)c2)n1. The Morgan fingerprint density at radius 2 is 1.76 bits per heavy atom. The number of aromatic nitrogens is 1. The number of hydrogen-bond acceptors (Lipinski definition) is 7. The van der Waals surface area contributed by atoms with E-state index in [1.54, 1.807) is 35.3 Å². The molecule has 38 heavy (non-hydrogen) atoms. The highest BCUT2D eigenvalue weighted by Gasteiger charge is 2.31. The van der Waals surface area contributed by atoms with Crippen LogP contribution in [0.2, 0.25) is 10.0 Å². The van der Waals surface area contributed by atoms with Gasteiger partial charge < -0.3 is 14.4 Å². The van der Waals surface area contributed by atoms with E-state index in [1.165, 1.54) is 56.3 Å². The van der Waals surface area contributed by atoms with Crippen molar-refractivity contribution in [3.8, 4) is 5.75 Å². The minimum atomic E-state index is -0.360. The summed E-state index contributed by atoms with van der Waals surface area (Å²) in [4.78, 5) is 31.0. The molecule has 1 amide bonds. The van der Waals surface area contributed by atoms with E-state index < -0.39 is 0 Å². The molecule has 210 valence electrons. The van der Waals surface area contributed by atoms with Crippen molar-refractivity contribution in [2.45, 2.75) is 87.9 Å². The number of esters is 1. The van der Waals surface area contributed by atoms with Gasteiger partial charge >= 0.3 is 5.97 Å². The van der Waals surface area contributed by atoms with Crippen molar-refractivity contribution >= 4 is 58.2 Å². The van der Waals surface area contributed by atoms with Gasteiger partial charge in [-0.05, 0) is 31.0 Å². The van der Waals surface area contributed by atoms with E-state index in [2.05, 4.69) is 11.9 Å². The highest BCUT2D eigenvalue weighted by atomic mass is 35.5. The van der Waals surface area contributed by atoms with Crippen molar-refractivity contribution in [3.05, 3.63) is 39.3 Å². The molecule has 1 aromatic heterocycles. The lowest BCUT2D eigenvalue weighted by molar-refractivity contribution is -0.129. The molecule has 0 aliphatic carbocycles. The van der Waals surface area contributed by atoms with Gasteiger partial charge in [-0.15, -0.1) is 11.3 Å². The number of amides is 1. The van der Waals surface area contributed by atoms with E-state index in [9.17, 15) is 9.59 Å². The molecule has 1 aliphatic rings. The van der Waals surface area contributed by atoms with Crippen LogP contribution < -0.4 is 4.74 Å². The fraction of sp³-hybridized carbons (Fsp3) is 0.607. The summed E-state index contributed by atoms with van der Waals surface area (Å²) in [5.74, 6) is 1.05.